The number of nitrogens with one attached hydrogen (secondary N) is 1. The van der Waals surface area contributed by atoms with Gasteiger partial charge in [0.25, 0.3) is 0 Å². The summed E-state index contributed by atoms with van der Waals surface area (Å²) in [5.74, 6) is 0.845. The summed E-state index contributed by atoms with van der Waals surface area (Å²) in [4.78, 5) is 4.34. The monoisotopic (exact) mass is 314 g/mol. The maximum atomic E-state index is 4.34. The SMILES string of the molecule is CNCc1ccc(-n2cc(I)cn2)nc1. The third-order valence-corrected chi connectivity index (χ3v) is 2.53. The Balaban J connectivity index is 2.23. The molecule has 0 saturated carbocycles. The largest absolute Gasteiger partial charge is 0.316 e. The van der Waals surface area contributed by atoms with E-state index in [1.807, 2.05) is 37.8 Å². The molecule has 0 atom stereocenters. The molecule has 4 nitrogen and oxygen atoms in total. The van der Waals surface area contributed by atoms with Crippen molar-refractivity contribution in [1.29, 1.82) is 0 Å². The average Bonchev–Trinajstić information content (AvgIpc) is 2.67. The average molecular weight is 314 g/mol. The van der Waals surface area contributed by atoms with Gasteiger partial charge in [-0.2, -0.15) is 5.10 Å². The fourth-order valence-electron chi connectivity index (χ4n) is 1.29. The minimum absolute atomic E-state index is 0.837. The van der Waals surface area contributed by atoms with E-state index in [1.165, 1.54) is 5.56 Å². The van der Waals surface area contributed by atoms with Crippen molar-refractivity contribution in [3.63, 3.8) is 0 Å². The molecule has 0 aromatic carbocycles. The predicted octanol–water partition coefficient (Wildman–Crippen LogP) is 1.59. The highest BCUT2D eigenvalue weighted by atomic mass is 127. The van der Waals surface area contributed by atoms with E-state index in [4.69, 9.17) is 0 Å². The lowest BCUT2D eigenvalue weighted by atomic mass is 10.3. The summed E-state index contributed by atoms with van der Waals surface area (Å²) in [6.07, 6.45) is 5.62. The Morgan fingerprint density at radius 1 is 1.40 bits per heavy atom. The smallest absolute Gasteiger partial charge is 0.153 e. The first kappa shape index (κ1) is 10.6. The van der Waals surface area contributed by atoms with E-state index >= 15 is 0 Å². The van der Waals surface area contributed by atoms with Gasteiger partial charge < -0.3 is 5.32 Å². The molecular formula is C10H11IN4. The highest BCUT2D eigenvalue weighted by molar-refractivity contribution is 14.1. The third-order valence-electron chi connectivity index (χ3n) is 1.98. The van der Waals surface area contributed by atoms with Gasteiger partial charge in [-0.25, -0.2) is 9.67 Å². The highest BCUT2D eigenvalue weighted by Crippen LogP contribution is 2.08. The van der Waals surface area contributed by atoms with E-state index < -0.39 is 0 Å². The molecule has 2 aromatic rings. The Bertz CT molecular complexity index is 435. The van der Waals surface area contributed by atoms with Crippen molar-refractivity contribution in [3.05, 3.63) is 39.9 Å². The summed E-state index contributed by atoms with van der Waals surface area (Å²) >= 11 is 2.23. The predicted molar refractivity (Wildman–Crippen MR) is 66.8 cm³/mol. The zero-order chi connectivity index (χ0) is 10.7. The Morgan fingerprint density at radius 2 is 2.27 bits per heavy atom. The van der Waals surface area contributed by atoms with Crippen molar-refractivity contribution in [1.82, 2.24) is 20.1 Å². The number of nitrogens with zero attached hydrogens (tertiary/aromatic N) is 3. The van der Waals surface area contributed by atoms with Gasteiger partial charge in [-0.05, 0) is 41.3 Å². The van der Waals surface area contributed by atoms with Crippen LogP contribution in [0.2, 0.25) is 0 Å². The zero-order valence-electron chi connectivity index (χ0n) is 8.31. The van der Waals surface area contributed by atoms with E-state index in [1.54, 1.807) is 4.68 Å². The molecule has 0 unspecified atom stereocenters. The van der Waals surface area contributed by atoms with Gasteiger partial charge in [-0.1, -0.05) is 6.07 Å². The summed E-state index contributed by atoms with van der Waals surface area (Å²) in [6.45, 7) is 0.837. The Morgan fingerprint density at radius 3 is 2.80 bits per heavy atom. The van der Waals surface area contributed by atoms with E-state index in [2.05, 4.69) is 38.0 Å². The van der Waals surface area contributed by atoms with Gasteiger partial charge in [0, 0.05) is 18.9 Å². The van der Waals surface area contributed by atoms with Crippen LogP contribution in [-0.4, -0.2) is 21.8 Å². The number of hydrogen-bond acceptors (Lipinski definition) is 3. The number of rotatable bonds is 3. The van der Waals surface area contributed by atoms with Crippen LogP contribution in [0.1, 0.15) is 5.56 Å². The molecular weight excluding hydrogens is 303 g/mol. The van der Waals surface area contributed by atoms with Crippen molar-refractivity contribution in [2.24, 2.45) is 0 Å². The second-order valence-electron chi connectivity index (χ2n) is 3.16. The van der Waals surface area contributed by atoms with Crippen LogP contribution in [0, 0.1) is 3.57 Å². The number of hydrogen-bond donors (Lipinski definition) is 1. The Labute approximate surface area is 102 Å². The van der Waals surface area contributed by atoms with Crippen LogP contribution in [0.4, 0.5) is 0 Å². The van der Waals surface area contributed by atoms with Gasteiger partial charge in [0.15, 0.2) is 5.82 Å². The molecule has 5 heteroatoms. The first-order chi connectivity index (χ1) is 7.29. The van der Waals surface area contributed by atoms with Crippen LogP contribution in [0.25, 0.3) is 5.82 Å². The van der Waals surface area contributed by atoms with Crippen LogP contribution >= 0.6 is 22.6 Å². The summed E-state index contributed by atoms with van der Waals surface area (Å²) in [5, 5.41) is 7.28. The minimum Gasteiger partial charge on any atom is -0.316 e. The first-order valence-corrected chi connectivity index (χ1v) is 5.67. The molecule has 1 N–H and O–H groups in total. The normalized spacial score (nSPS) is 10.5. The van der Waals surface area contributed by atoms with Crippen molar-refractivity contribution < 1.29 is 0 Å². The van der Waals surface area contributed by atoms with Gasteiger partial charge in [0.2, 0.25) is 0 Å². The summed E-state index contributed by atoms with van der Waals surface area (Å²) in [5.41, 5.74) is 1.17. The van der Waals surface area contributed by atoms with E-state index in [-0.39, 0.29) is 0 Å². The molecule has 0 fully saturated rings. The second kappa shape index (κ2) is 4.71. The highest BCUT2D eigenvalue weighted by Gasteiger charge is 1.99. The molecule has 15 heavy (non-hydrogen) atoms. The van der Waals surface area contributed by atoms with Gasteiger partial charge in [0.05, 0.1) is 9.77 Å². The van der Waals surface area contributed by atoms with E-state index in [0.29, 0.717) is 0 Å². The van der Waals surface area contributed by atoms with Crippen molar-refractivity contribution in [3.8, 4) is 5.82 Å². The molecule has 0 aliphatic rings. The molecule has 0 saturated heterocycles. The molecule has 0 bridgehead atoms. The fraction of sp³-hybridized carbons (Fsp3) is 0.200. The Hall–Kier alpha value is -0.950. The van der Waals surface area contributed by atoms with Crippen LogP contribution in [0.15, 0.2) is 30.7 Å². The van der Waals surface area contributed by atoms with Crippen LogP contribution in [0.3, 0.4) is 0 Å². The van der Waals surface area contributed by atoms with Crippen LogP contribution in [0.5, 0.6) is 0 Å². The lowest BCUT2D eigenvalue weighted by Gasteiger charge is -2.02. The molecule has 2 aromatic heterocycles. The summed E-state index contributed by atoms with van der Waals surface area (Å²) in [7, 11) is 1.92. The maximum absolute atomic E-state index is 4.34. The number of halogens is 1. The topological polar surface area (TPSA) is 42.7 Å². The van der Waals surface area contributed by atoms with Crippen molar-refractivity contribution in [2.45, 2.75) is 6.54 Å². The van der Waals surface area contributed by atoms with Crippen LogP contribution in [-0.2, 0) is 6.54 Å². The molecule has 78 valence electrons. The fourth-order valence-corrected chi connectivity index (χ4v) is 1.68. The van der Waals surface area contributed by atoms with Gasteiger partial charge in [-0.15, -0.1) is 0 Å². The minimum atomic E-state index is 0.837. The quantitative estimate of drug-likeness (QED) is 0.875. The van der Waals surface area contributed by atoms with E-state index in [9.17, 15) is 0 Å². The van der Waals surface area contributed by atoms with Gasteiger partial charge in [0.1, 0.15) is 0 Å². The third kappa shape index (κ3) is 2.54. The zero-order valence-corrected chi connectivity index (χ0v) is 10.5. The maximum Gasteiger partial charge on any atom is 0.153 e. The molecule has 0 spiro atoms. The molecule has 0 radical (unpaired) electrons. The molecule has 0 aliphatic carbocycles. The molecule has 0 amide bonds. The molecule has 2 heterocycles. The summed E-state index contributed by atoms with van der Waals surface area (Å²) in [6, 6.07) is 4.02. The Kier molecular flexibility index (Phi) is 3.32. The van der Waals surface area contributed by atoms with Gasteiger partial charge >= 0.3 is 0 Å². The first-order valence-electron chi connectivity index (χ1n) is 4.59. The number of aromatic nitrogens is 3. The standard InChI is InChI=1S/C10H11IN4/c1-12-4-8-2-3-10(13-5-8)15-7-9(11)6-14-15/h2-3,5-7,12H,4H2,1H3. The van der Waals surface area contributed by atoms with Gasteiger partial charge in [-0.3, -0.25) is 0 Å². The number of pyridine rings is 1. The lowest BCUT2D eigenvalue weighted by molar-refractivity contribution is 0.801. The van der Waals surface area contributed by atoms with Crippen molar-refractivity contribution >= 4 is 22.6 Å². The summed E-state index contributed by atoms with van der Waals surface area (Å²) < 4.78 is 2.87. The molecule has 0 aliphatic heterocycles. The van der Waals surface area contributed by atoms with Crippen molar-refractivity contribution in [2.75, 3.05) is 7.05 Å². The van der Waals surface area contributed by atoms with E-state index in [0.717, 1.165) is 15.9 Å². The lowest BCUT2D eigenvalue weighted by Crippen LogP contribution is -2.06. The second-order valence-corrected chi connectivity index (χ2v) is 4.40. The van der Waals surface area contributed by atoms with Crippen LogP contribution < -0.4 is 5.32 Å². The molecule has 2 rings (SSSR count).